The first-order chi connectivity index (χ1) is 7.08. The monoisotopic (exact) mass is 208 g/mol. The summed E-state index contributed by atoms with van der Waals surface area (Å²) in [5.74, 6) is 0.653. The molecule has 1 aliphatic heterocycles. The third-order valence-corrected chi connectivity index (χ3v) is 3.43. The Bertz CT molecular complexity index is 299. The van der Waals surface area contributed by atoms with Crippen molar-refractivity contribution in [3.63, 3.8) is 0 Å². The summed E-state index contributed by atoms with van der Waals surface area (Å²) in [6, 6.07) is 0. The van der Waals surface area contributed by atoms with Crippen LogP contribution in [-0.2, 0) is 0 Å². The Morgan fingerprint density at radius 2 is 2.00 bits per heavy atom. The summed E-state index contributed by atoms with van der Waals surface area (Å²) < 4.78 is 1.91. The minimum atomic E-state index is -0.103. The maximum absolute atomic E-state index is 11.3. The molecule has 84 valence electrons. The van der Waals surface area contributed by atoms with Crippen LogP contribution >= 0.6 is 0 Å². The van der Waals surface area contributed by atoms with Crippen LogP contribution in [0.1, 0.15) is 52.4 Å². The zero-order valence-corrected chi connectivity index (χ0v) is 9.70. The molecule has 0 aromatic heterocycles. The fraction of sp³-hybridized carbons (Fsp3) is 0.833. The summed E-state index contributed by atoms with van der Waals surface area (Å²) in [4.78, 5) is 0. The highest BCUT2D eigenvalue weighted by molar-refractivity contribution is 5.73. The Kier molecular flexibility index (Phi) is 2.81. The summed E-state index contributed by atoms with van der Waals surface area (Å²) in [5, 5.41) is 15.4. The Hall–Kier alpha value is -0.860. The fourth-order valence-electron chi connectivity index (χ4n) is 2.46. The van der Waals surface area contributed by atoms with Crippen LogP contribution in [0, 0.1) is 5.92 Å². The molecule has 3 nitrogen and oxygen atoms in total. The van der Waals surface area contributed by atoms with Gasteiger partial charge in [-0.3, -0.25) is 0 Å². The third-order valence-electron chi connectivity index (χ3n) is 3.43. The topological polar surface area (TPSA) is 38.4 Å². The van der Waals surface area contributed by atoms with Gasteiger partial charge in [0.25, 0.3) is 0 Å². The van der Waals surface area contributed by atoms with Crippen molar-refractivity contribution >= 4 is 12.1 Å². The molecule has 1 aliphatic carbocycles. The molecular weight excluding hydrogens is 188 g/mol. The first-order valence-electron chi connectivity index (χ1n) is 5.97. The first kappa shape index (κ1) is 10.7. The summed E-state index contributed by atoms with van der Waals surface area (Å²) in [7, 11) is 0. The second-order valence-corrected chi connectivity index (χ2v) is 5.37. The molecule has 0 aromatic rings. The SMILES string of the molecule is CC1(C)CC([O-])=N/[N+]1=C\C1CCCCC1. The van der Waals surface area contributed by atoms with Gasteiger partial charge in [0.15, 0.2) is 11.8 Å². The Morgan fingerprint density at radius 1 is 1.33 bits per heavy atom. The lowest BCUT2D eigenvalue weighted by Gasteiger charge is -2.17. The average molecular weight is 208 g/mol. The van der Waals surface area contributed by atoms with E-state index >= 15 is 0 Å². The van der Waals surface area contributed by atoms with Gasteiger partial charge in [-0.2, -0.15) is 0 Å². The number of hydrogen-bond donors (Lipinski definition) is 0. The molecule has 0 saturated heterocycles. The second-order valence-electron chi connectivity index (χ2n) is 5.37. The second kappa shape index (κ2) is 3.95. The number of nitrogens with zero attached hydrogens (tertiary/aromatic N) is 2. The van der Waals surface area contributed by atoms with Crippen LogP contribution in [0.3, 0.4) is 0 Å². The van der Waals surface area contributed by atoms with E-state index in [0.717, 1.165) is 0 Å². The van der Waals surface area contributed by atoms with Crippen LogP contribution in [0.15, 0.2) is 5.10 Å². The highest BCUT2D eigenvalue weighted by Crippen LogP contribution is 2.25. The van der Waals surface area contributed by atoms with Crippen molar-refractivity contribution in [1.82, 2.24) is 0 Å². The van der Waals surface area contributed by atoms with Crippen LogP contribution in [0.2, 0.25) is 0 Å². The van der Waals surface area contributed by atoms with Gasteiger partial charge < -0.3 is 5.11 Å². The quantitative estimate of drug-likeness (QED) is 0.602. The lowest BCUT2D eigenvalue weighted by molar-refractivity contribution is -0.594. The van der Waals surface area contributed by atoms with Crippen molar-refractivity contribution in [3.8, 4) is 0 Å². The van der Waals surface area contributed by atoms with E-state index in [4.69, 9.17) is 0 Å². The minimum Gasteiger partial charge on any atom is -0.857 e. The van der Waals surface area contributed by atoms with Gasteiger partial charge in [0.05, 0.1) is 0 Å². The molecule has 15 heavy (non-hydrogen) atoms. The smallest absolute Gasteiger partial charge is 0.192 e. The predicted octanol–water partition coefficient (Wildman–Crippen LogP) is 1.51. The molecule has 2 rings (SSSR count). The maximum Gasteiger partial charge on any atom is 0.192 e. The Morgan fingerprint density at radius 3 is 2.53 bits per heavy atom. The predicted molar refractivity (Wildman–Crippen MR) is 59.0 cm³/mol. The molecular formula is C12H20N2O. The molecule has 1 fully saturated rings. The van der Waals surface area contributed by atoms with Crippen molar-refractivity contribution in [3.05, 3.63) is 0 Å². The Balaban J connectivity index is 2.11. The molecule has 2 aliphatic rings. The molecule has 0 aromatic carbocycles. The van der Waals surface area contributed by atoms with Gasteiger partial charge in [-0.25, -0.2) is 0 Å². The fourth-order valence-corrected chi connectivity index (χ4v) is 2.46. The standard InChI is InChI=1S/C12H20N2O/c1-12(2)8-11(15)13-14(12)9-10-6-4-3-5-7-10/h9-10H,3-8H2,1-2H3/b14-9-. The van der Waals surface area contributed by atoms with Gasteiger partial charge in [-0.05, 0) is 17.9 Å². The van der Waals surface area contributed by atoms with Crippen molar-refractivity contribution in [2.24, 2.45) is 11.0 Å². The maximum atomic E-state index is 11.3. The molecule has 0 spiro atoms. The molecule has 0 unspecified atom stereocenters. The van der Waals surface area contributed by atoms with E-state index in [-0.39, 0.29) is 11.4 Å². The summed E-state index contributed by atoms with van der Waals surface area (Å²) in [5.41, 5.74) is -0.103. The third kappa shape index (κ3) is 2.39. The van der Waals surface area contributed by atoms with Gasteiger partial charge >= 0.3 is 0 Å². The molecule has 0 N–H and O–H groups in total. The summed E-state index contributed by atoms with van der Waals surface area (Å²) >= 11 is 0. The number of hydrogen-bond acceptors (Lipinski definition) is 2. The average Bonchev–Trinajstić information content (AvgIpc) is 2.41. The van der Waals surface area contributed by atoms with Crippen LogP contribution in [0.5, 0.6) is 0 Å². The van der Waals surface area contributed by atoms with E-state index in [0.29, 0.717) is 12.3 Å². The van der Waals surface area contributed by atoms with E-state index in [2.05, 4.69) is 25.2 Å². The molecule has 1 saturated carbocycles. The molecule has 3 heteroatoms. The normalized spacial score (nSPS) is 29.5. The van der Waals surface area contributed by atoms with E-state index in [1.807, 2.05) is 4.68 Å². The van der Waals surface area contributed by atoms with Crippen LogP contribution < -0.4 is 5.11 Å². The molecule has 0 amide bonds. The van der Waals surface area contributed by atoms with Crippen LogP contribution in [-0.4, -0.2) is 22.3 Å². The van der Waals surface area contributed by atoms with Gasteiger partial charge in [0.2, 0.25) is 0 Å². The first-order valence-corrected chi connectivity index (χ1v) is 5.97. The van der Waals surface area contributed by atoms with Gasteiger partial charge in [-0.1, -0.05) is 23.9 Å². The van der Waals surface area contributed by atoms with E-state index in [1.165, 1.54) is 32.1 Å². The lowest BCUT2D eigenvalue weighted by Crippen LogP contribution is -2.32. The minimum absolute atomic E-state index is 0.0204. The largest absolute Gasteiger partial charge is 0.857 e. The van der Waals surface area contributed by atoms with Crippen molar-refractivity contribution in [1.29, 1.82) is 0 Å². The molecule has 1 heterocycles. The van der Waals surface area contributed by atoms with E-state index < -0.39 is 0 Å². The van der Waals surface area contributed by atoms with Gasteiger partial charge in [0, 0.05) is 32.1 Å². The van der Waals surface area contributed by atoms with Crippen LogP contribution in [0.4, 0.5) is 0 Å². The number of rotatable bonds is 1. The van der Waals surface area contributed by atoms with Crippen molar-refractivity contribution in [2.75, 3.05) is 0 Å². The van der Waals surface area contributed by atoms with E-state index in [1.54, 1.807) is 0 Å². The zero-order chi connectivity index (χ0) is 10.9. The summed E-state index contributed by atoms with van der Waals surface area (Å²) in [6.07, 6.45) is 9.27. The highest BCUT2D eigenvalue weighted by Gasteiger charge is 2.37. The molecule has 0 radical (unpaired) electrons. The Labute approximate surface area is 91.5 Å². The van der Waals surface area contributed by atoms with Crippen molar-refractivity contribution in [2.45, 2.75) is 57.9 Å². The van der Waals surface area contributed by atoms with Gasteiger partial charge in [-0.15, -0.1) is 0 Å². The van der Waals surface area contributed by atoms with Crippen molar-refractivity contribution < 1.29 is 9.79 Å². The van der Waals surface area contributed by atoms with Crippen LogP contribution in [0.25, 0.3) is 0 Å². The molecule has 0 atom stereocenters. The highest BCUT2D eigenvalue weighted by atomic mass is 16.3. The van der Waals surface area contributed by atoms with E-state index in [9.17, 15) is 5.11 Å². The number of hydrazone groups is 1. The molecule has 0 bridgehead atoms. The summed E-state index contributed by atoms with van der Waals surface area (Å²) in [6.45, 7) is 4.17. The van der Waals surface area contributed by atoms with Gasteiger partial charge in [0.1, 0.15) is 0 Å². The lowest BCUT2D eigenvalue weighted by atomic mass is 9.90. The zero-order valence-electron chi connectivity index (χ0n) is 9.70.